The van der Waals surface area contributed by atoms with Gasteiger partial charge in [0, 0.05) is 56.9 Å². The molecule has 4 aromatic rings. The van der Waals surface area contributed by atoms with Crippen LogP contribution < -0.4 is 10.3 Å². The van der Waals surface area contributed by atoms with E-state index in [-0.39, 0.29) is 6.04 Å². The topological polar surface area (TPSA) is 115 Å². The lowest BCUT2D eigenvalue weighted by atomic mass is 10.1. The summed E-state index contributed by atoms with van der Waals surface area (Å²) >= 11 is 0. The van der Waals surface area contributed by atoms with Crippen molar-refractivity contribution in [3.8, 4) is 23.1 Å². The van der Waals surface area contributed by atoms with Gasteiger partial charge in [-0.05, 0) is 30.7 Å². The highest BCUT2D eigenvalue weighted by molar-refractivity contribution is 5.67. The van der Waals surface area contributed by atoms with Gasteiger partial charge in [0.25, 0.3) is 0 Å². The molecule has 0 aromatic carbocycles. The van der Waals surface area contributed by atoms with Crippen molar-refractivity contribution in [1.29, 1.82) is 5.26 Å². The maximum absolute atomic E-state index is 13.3. The van der Waals surface area contributed by atoms with Crippen molar-refractivity contribution >= 4 is 11.8 Å². The van der Waals surface area contributed by atoms with Crippen LogP contribution in [0, 0.1) is 17.1 Å². The minimum atomic E-state index is -0.417. The van der Waals surface area contributed by atoms with Crippen molar-refractivity contribution in [2.75, 3.05) is 24.4 Å². The largest absolute Gasteiger partial charge is 0.354 e. The van der Waals surface area contributed by atoms with E-state index in [1.165, 1.54) is 17.1 Å². The van der Waals surface area contributed by atoms with E-state index in [4.69, 9.17) is 0 Å². The molecule has 0 spiro atoms. The first-order valence-electron chi connectivity index (χ1n) is 11.7. The summed E-state index contributed by atoms with van der Waals surface area (Å²) in [4.78, 5) is 21.8. The summed E-state index contributed by atoms with van der Waals surface area (Å²) in [6.45, 7) is 2.04. The molecule has 0 bridgehead atoms. The highest BCUT2D eigenvalue weighted by atomic mass is 19.1. The fourth-order valence-electron chi connectivity index (χ4n) is 3.74. The Kier molecular flexibility index (Phi) is 6.65. The number of hydrazine groups is 1. The van der Waals surface area contributed by atoms with Crippen molar-refractivity contribution in [3.05, 3.63) is 97.0 Å². The molecule has 0 fully saturated rings. The highest BCUT2D eigenvalue weighted by Gasteiger charge is 2.16. The molecular weight excluding hydrogens is 485 g/mol. The zero-order chi connectivity index (χ0) is 26.6. The van der Waals surface area contributed by atoms with E-state index >= 15 is 0 Å². The van der Waals surface area contributed by atoms with Gasteiger partial charge in [-0.1, -0.05) is 6.07 Å². The summed E-state index contributed by atoms with van der Waals surface area (Å²) in [7, 11) is 3.86. The van der Waals surface area contributed by atoms with Gasteiger partial charge in [0.2, 0.25) is 5.95 Å². The molecule has 1 aliphatic rings. The summed E-state index contributed by atoms with van der Waals surface area (Å²) in [6.07, 6.45) is 14.7. The van der Waals surface area contributed by atoms with E-state index in [1.807, 2.05) is 73.8 Å². The Morgan fingerprint density at radius 1 is 1.00 bits per heavy atom. The molecule has 5 rings (SSSR count). The predicted molar refractivity (Wildman–Crippen MR) is 140 cm³/mol. The third-order valence-corrected chi connectivity index (χ3v) is 6.07. The molecule has 190 valence electrons. The minimum Gasteiger partial charge on any atom is -0.354 e. The quantitative estimate of drug-likeness (QED) is 0.394. The molecule has 0 radical (unpaired) electrons. The second-order valence-corrected chi connectivity index (χ2v) is 8.59. The Bertz CT molecular complexity index is 1510. The van der Waals surface area contributed by atoms with Crippen molar-refractivity contribution in [2.45, 2.75) is 13.0 Å². The molecule has 0 saturated carbocycles. The molecule has 0 saturated heterocycles. The molecular formula is C26H24FN11. The number of pyridine rings is 2. The predicted octanol–water partition coefficient (Wildman–Crippen LogP) is 3.84. The number of nitriles is 1. The van der Waals surface area contributed by atoms with Crippen LogP contribution in [0.15, 0.2) is 80.0 Å². The minimum absolute atomic E-state index is 0.0431. The fourth-order valence-corrected chi connectivity index (χ4v) is 3.74. The first-order valence-corrected chi connectivity index (χ1v) is 11.7. The SMILES string of the molecule is C[C@@H](c1ccc(-n2cc(F)cn2)nc1)N(C)c1ccc(-c2nc(NN3C=CN(C)C=C3)ncc2C#N)cn1. The van der Waals surface area contributed by atoms with Crippen LogP contribution in [0.4, 0.5) is 16.2 Å². The number of aromatic nitrogens is 6. The van der Waals surface area contributed by atoms with Crippen LogP contribution in [0.2, 0.25) is 0 Å². The summed E-state index contributed by atoms with van der Waals surface area (Å²) in [5.74, 6) is 1.19. The molecule has 12 heteroatoms. The van der Waals surface area contributed by atoms with Gasteiger partial charge in [-0.3, -0.25) is 10.4 Å². The molecule has 0 aliphatic carbocycles. The summed E-state index contributed by atoms with van der Waals surface area (Å²) < 4.78 is 14.6. The van der Waals surface area contributed by atoms with Gasteiger partial charge in [-0.25, -0.2) is 29.0 Å². The van der Waals surface area contributed by atoms with E-state index in [0.717, 1.165) is 17.6 Å². The van der Waals surface area contributed by atoms with E-state index < -0.39 is 5.82 Å². The maximum atomic E-state index is 13.3. The molecule has 0 amide bonds. The van der Waals surface area contributed by atoms with E-state index in [9.17, 15) is 9.65 Å². The second-order valence-electron chi connectivity index (χ2n) is 8.59. The third kappa shape index (κ3) is 5.12. The first kappa shape index (κ1) is 24.4. The highest BCUT2D eigenvalue weighted by Crippen LogP contribution is 2.27. The van der Waals surface area contributed by atoms with Gasteiger partial charge in [0.15, 0.2) is 11.6 Å². The molecule has 1 aliphatic heterocycles. The fraction of sp³-hybridized carbons (Fsp3) is 0.154. The van der Waals surface area contributed by atoms with Crippen molar-refractivity contribution < 1.29 is 4.39 Å². The van der Waals surface area contributed by atoms with E-state index in [2.05, 4.69) is 36.5 Å². The lowest BCUT2D eigenvalue weighted by Crippen LogP contribution is -2.24. The summed E-state index contributed by atoms with van der Waals surface area (Å²) in [5.41, 5.74) is 5.57. The molecule has 11 nitrogen and oxygen atoms in total. The van der Waals surface area contributed by atoms with Gasteiger partial charge >= 0.3 is 0 Å². The average molecular weight is 510 g/mol. The van der Waals surface area contributed by atoms with Crippen LogP contribution in [0.1, 0.15) is 24.1 Å². The van der Waals surface area contributed by atoms with Crippen LogP contribution in [0.25, 0.3) is 17.1 Å². The number of hydrogen-bond acceptors (Lipinski definition) is 10. The van der Waals surface area contributed by atoms with Crippen molar-refractivity contribution in [3.63, 3.8) is 0 Å². The Labute approximate surface area is 218 Å². The lowest BCUT2D eigenvalue weighted by Gasteiger charge is -2.26. The zero-order valence-corrected chi connectivity index (χ0v) is 20.9. The van der Waals surface area contributed by atoms with Gasteiger partial charge in [-0.15, -0.1) is 0 Å². The number of rotatable bonds is 7. The Morgan fingerprint density at radius 3 is 2.45 bits per heavy atom. The van der Waals surface area contributed by atoms with Crippen LogP contribution in [-0.2, 0) is 0 Å². The Balaban J connectivity index is 1.32. The van der Waals surface area contributed by atoms with Gasteiger partial charge < -0.3 is 9.80 Å². The summed E-state index contributed by atoms with van der Waals surface area (Å²) in [5, 5.41) is 15.3. The standard InChI is InChI=1S/C26H24FN11/c1-18(19-4-7-24(30-13-19)38-17-22(27)16-32-38)36(3)23-6-5-20(14-29-23)25-21(12-28)15-31-26(33-25)34-37-10-8-35(2)9-11-37/h4-11,13-18H,1-3H3,(H,31,33,34)/t18-/m0/s1. The lowest BCUT2D eigenvalue weighted by molar-refractivity contribution is 0.509. The monoisotopic (exact) mass is 509 g/mol. The van der Waals surface area contributed by atoms with Crippen LogP contribution in [0.5, 0.6) is 0 Å². The number of halogens is 1. The first-order chi connectivity index (χ1) is 18.4. The smallest absolute Gasteiger partial charge is 0.242 e. The van der Waals surface area contributed by atoms with Gasteiger partial charge in [0.1, 0.15) is 11.9 Å². The number of hydrogen-bond donors (Lipinski definition) is 1. The maximum Gasteiger partial charge on any atom is 0.242 e. The molecule has 38 heavy (non-hydrogen) atoms. The third-order valence-electron chi connectivity index (χ3n) is 6.07. The Morgan fingerprint density at radius 2 is 1.82 bits per heavy atom. The molecule has 5 heterocycles. The number of nitrogens with zero attached hydrogens (tertiary/aromatic N) is 10. The van der Waals surface area contributed by atoms with E-state index in [1.54, 1.807) is 23.5 Å². The van der Waals surface area contributed by atoms with Gasteiger partial charge in [0.05, 0.1) is 35.9 Å². The molecule has 4 aromatic heterocycles. The van der Waals surface area contributed by atoms with Gasteiger partial charge in [-0.2, -0.15) is 10.4 Å². The molecule has 1 atom stereocenters. The van der Waals surface area contributed by atoms with Crippen molar-refractivity contribution in [2.24, 2.45) is 0 Å². The van der Waals surface area contributed by atoms with Crippen molar-refractivity contribution in [1.82, 2.24) is 39.6 Å². The zero-order valence-electron chi connectivity index (χ0n) is 20.9. The summed E-state index contributed by atoms with van der Waals surface area (Å²) in [6, 6.07) is 9.58. The molecule has 0 unspecified atom stereocenters. The average Bonchev–Trinajstić information content (AvgIpc) is 3.40. The normalized spacial score (nSPS) is 13.3. The number of anilines is 2. The Hall–Kier alpha value is -5.31. The number of nitrogens with one attached hydrogen (secondary N) is 1. The molecule has 1 N–H and O–H groups in total. The van der Waals surface area contributed by atoms with E-state index in [0.29, 0.717) is 28.6 Å². The van der Waals surface area contributed by atoms with Crippen LogP contribution >= 0.6 is 0 Å². The second kappa shape index (κ2) is 10.4. The van der Waals surface area contributed by atoms with Crippen LogP contribution in [-0.4, -0.2) is 53.7 Å². The van der Waals surface area contributed by atoms with Crippen LogP contribution in [0.3, 0.4) is 0 Å².